The number of carbonyl (C=O) groups excluding carboxylic acids is 1. The van der Waals surface area contributed by atoms with E-state index in [2.05, 4.69) is 5.32 Å². The van der Waals surface area contributed by atoms with Gasteiger partial charge in [0.05, 0.1) is 6.61 Å². The molecule has 2 saturated heterocycles. The molecule has 0 aromatic heterocycles. The van der Waals surface area contributed by atoms with E-state index in [4.69, 9.17) is 4.74 Å². The van der Waals surface area contributed by atoms with Gasteiger partial charge in [0.25, 0.3) is 0 Å². The van der Waals surface area contributed by atoms with Crippen molar-refractivity contribution in [1.82, 2.24) is 10.2 Å². The molecule has 0 aromatic rings. The lowest BCUT2D eigenvalue weighted by Crippen LogP contribution is -2.45. The first-order valence-electron chi connectivity index (χ1n) is 7.16. The zero-order chi connectivity index (χ0) is 14.1. The van der Waals surface area contributed by atoms with E-state index in [1.165, 1.54) is 0 Å². The van der Waals surface area contributed by atoms with Gasteiger partial charge in [-0.1, -0.05) is 0 Å². The predicted molar refractivity (Wildman–Crippen MR) is 73.0 cm³/mol. The molecule has 2 aliphatic rings. The number of piperidine rings is 1. The van der Waals surface area contributed by atoms with Gasteiger partial charge in [-0.2, -0.15) is 0 Å². The van der Waals surface area contributed by atoms with Crippen LogP contribution in [0.2, 0.25) is 0 Å². The third-order valence-corrected chi connectivity index (χ3v) is 4.14. The molecule has 1 spiro atoms. The third kappa shape index (κ3) is 3.60. The summed E-state index contributed by atoms with van der Waals surface area (Å²) in [5.74, 6) is 0. The molecule has 1 atom stereocenters. The molecule has 110 valence electrons. The first-order valence-corrected chi connectivity index (χ1v) is 7.16. The summed E-state index contributed by atoms with van der Waals surface area (Å²) in [5, 5.41) is 12.6. The molecule has 2 heterocycles. The van der Waals surface area contributed by atoms with Crippen molar-refractivity contribution < 1.29 is 14.6 Å². The van der Waals surface area contributed by atoms with Gasteiger partial charge in [0, 0.05) is 25.7 Å². The second-order valence-electron chi connectivity index (χ2n) is 6.93. The van der Waals surface area contributed by atoms with Crippen molar-refractivity contribution in [2.75, 3.05) is 26.2 Å². The van der Waals surface area contributed by atoms with E-state index < -0.39 is 5.60 Å². The molecular formula is C14H26N2O3. The van der Waals surface area contributed by atoms with Gasteiger partial charge in [-0.15, -0.1) is 0 Å². The summed E-state index contributed by atoms with van der Waals surface area (Å²) in [6, 6.07) is 0.230. The largest absolute Gasteiger partial charge is 0.444 e. The van der Waals surface area contributed by atoms with E-state index in [1.54, 1.807) is 0 Å². The second kappa shape index (κ2) is 5.29. The third-order valence-electron chi connectivity index (χ3n) is 4.14. The van der Waals surface area contributed by atoms with Crippen molar-refractivity contribution in [3.05, 3.63) is 0 Å². The quantitative estimate of drug-likeness (QED) is 0.755. The normalized spacial score (nSPS) is 26.7. The molecule has 1 amide bonds. The molecular weight excluding hydrogens is 244 g/mol. The van der Waals surface area contributed by atoms with E-state index in [0.717, 1.165) is 38.9 Å². The van der Waals surface area contributed by atoms with Gasteiger partial charge < -0.3 is 20.1 Å². The van der Waals surface area contributed by atoms with Gasteiger partial charge in [0.1, 0.15) is 5.60 Å². The maximum atomic E-state index is 12.0. The van der Waals surface area contributed by atoms with E-state index in [1.807, 2.05) is 25.7 Å². The van der Waals surface area contributed by atoms with Crippen molar-refractivity contribution in [2.45, 2.75) is 51.7 Å². The topological polar surface area (TPSA) is 61.8 Å². The van der Waals surface area contributed by atoms with Gasteiger partial charge in [0.15, 0.2) is 0 Å². The van der Waals surface area contributed by atoms with Crippen molar-refractivity contribution in [3.63, 3.8) is 0 Å². The Balaban J connectivity index is 1.84. The zero-order valence-electron chi connectivity index (χ0n) is 12.2. The number of nitrogens with one attached hydrogen (secondary N) is 1. The van der Waals surface area contributed by atoms with Crippen LogP contribution in [0.15, 0.2) is 0 Å². The van der Waals surface area contributed by atoms with Crippen molar-refractivity contribution in [2.24, 2.45) is 5.41 Å². The molecule has 2 aliphatic heterocycles. The van der Waals surface area contributed by atoms with Crippen LogP contribution in [0.5, 0.6) is 0 Å². The Bertz CT molecular complexity index is 330. The molecule has 2 rings (SSSR count). The summed E-state index contributed by atoms with van der Waals surface area (Å²) < 4.78 is 5.40. The Morgan fingerprint density at radius 2 is 2.05 bits per heavy atom. The molecule has 5 heteroatoms. The van der Waals surface area contributed by atoms with Gasteiger partial charge in [-0.05, 0) is 45.4 Å². The minimum absolute atomic E-state index is 0.202. The van der Waals surface area contributed by atoms with Crippen LogP contribution in [0.4, 0.5) is 4.79 Å². The molecule has 0 bridgehead atoms. The van der Waals surface area contributed by atoms with Crippen molar-refractivity contribution in [3.8, 4) is 0 Å². The molecule has 1 unspecified atom stereocenters. The van der Waals surface area contributed by atoms with Gasteiger partial charge in [-0.25, -0.2) is 4.79 Å². The van der Waals surface area contributed by atoms with Crippen LogP contribution in [0.25, 0.3) is 0 Å². The Morgan fingerprint density at radius 1 is 1.42 bits per heavy atom. The summed E-state index contributed by atoms with van der Waals surface area (Å²) in [7, 11) is 0. The van der Waals surface area contributed by atoms with Crippen LogP contribution in [0.1, 0.15) is 40.0 Å². The van der Waals surface area contributed by atoms with Gasteiger partial charge in [-0.3, -0.25) is 0 Å². The summed E-state index contributed by atoms with van der Waals surface area (Å²) in [6.45, 7) is 8.36. The smallest absolute Gasteiger partial charge is 0.410 e. The molecule has 0 aromatic carbocycles. The molecule has 0 aliphatic carbocycles. The van der Waals surface area contributed by atoms with E-state index in [9.17, 15) is 9.90 Å². The summed E-state index contributed by atoms with van der Waals surface area (Å²) in [4.78, 5) is 13.8. The van der Waals surface area contributed by atoms with E-state index in [0.29, 0.717) is 0 Å². The number of hydrogen-bond donors (Lipinski definition) is 2. The van der Waals surface area contributed by atoms with Gasteiger partial charge >= 0.3 is 6.09 Å². The summed E-state index contributed by atoms with van der Waals surface area (Å²) >= 11 is 0. The standard InChI is InChI=1S/C14H26N2O3/c1-13(2,3)19-12(18)16-6-4-14(5-7-16)8-11(9-17)15-10-14/h11,15,17H,4-10H2,1-3H3. The fourth-order valence-electron chi connectivity index (χ4n) is 3.03. The highest BCUT2D eigenvalue weighted by atomic mass is 16.6. The zero-order valence-corrected chi connectivity index (χ0v) is 12.2. The maximum absolute atomic E-state index is 12.0. The predicted octanol–water partition coefficient (Wildman–Crippen LogP) is 1.36. The lowest BCUT2D eigenvalue weighted by molar-refractivity contribution is 0.0116. The van der Waals surface area contributed by atoms with Crippen LogP contribution in [0.3, 0.4) is 0 Å². The molecule has 19 heavy (non-hydrogen) atoms. The number of aliphatic hydroxyl groups excluding tert-OH is 1. The number of amides is 1. The second-order valence-corrected chi connectivity index (χ2v) is 6.93. The average molecular weight is 270 g/mol. The Hall–Kier alpha value is -0.810. The highest BCUT2D eigenvalue weighted by Crippen LogP contribution is 2.39. The number of rotatable bonds is 1. The van der Waals surface area contributed by atoms with E-state index >= 15 is 0 Å². The molecule has 0 radical (unpaired) electrons. The van der Waals surface area contributed by atoms with Crippen LogP contribution < -0.4 is 5.32 Å². The Morgan fingerprint density at radius 3 is 2.53 bits per heavy atom. The monoisotopic (exact) mass is 270 g/mol. The molecule has 5 nitrogen and oxygen atoms in total. The van der Waals surface area contributed by atoms with E-state index in [-0.39, 0.29) is 24.2 Å². The fourth-order valence-corrected chi connectivity index (χ4v) is 3.03. The van der Waals surface area contributed by atoms with Crippen LogP contribution in [0, 0.1) is 5.41 Å². The number of aliphatic hydroxyl groups is 1. The Kier molecular flexibility index (Phi) is 4.06. The van der Waals surface area contributed by atoms with Crippen molar-refractivity contribution in [1.29, 1.82) is 0 Å². The maximum Gasteiger partial charge on any atom is 0.410 e. The lowest BCUT2D eigenvalue weighted by Gasteiger charge is -2.39. The first kappa shape index (κ1) is 14.6. The first-order chi connectivity index (χ1) is 8.84. The highest BCUT2D eigenvalue weighted by molar-refractivity contribution is 5.68. The van der Waals surface area contributed by atoms with Crippen molar-refractivity contribution >= 4 is 6.09 Å². The minimum Gasteiger partial charge on any atom is -0.444 e. The molecule has 0 saturated carbocycles. The number of likely N-dealkylation sites (tertiary alicyclic amines) is 1. The molecule has 2 fully saturated rings. The van der Waals surface area contributed by atoms with Crippen LogP contribution in [-0.4, -0.2) is 54.0 Å². The van der Waals surface area contributed by atoms with Crippen LogP contribution in [-0.2, 0) is 4.74 Å². The fraction of sp³-hybridized carbons (Fsp3) is 0.929. The Labute approximate surface area is 115 Å². The SMILES string of the molecule is CC(C)(C)OC(=O)N1CCC2(CC1)CNC(CO)C2. The summed E-state index contributed by atoms with van der Waals surface area (Å²) in [6.07, 6.45) is 2.81. The number of hydrogen-bond acceptors (Lipinski definition) is 4. The number of carbonyl (C=O) groups is 1. The lowest BCUT2D eigenvalue weighted by atomic mass is 9.77. The highest BCUT2D eigenvalue weighted by Gasteiger charge is 2.42. The van der Waals surface area contributed by atoms with Crippen LogP contribution >= 0.6 is 0 Å². The minimum atomic E-state index is -0.427. The average Bonchev–Trinajstić information content (AvgIpc) is 2.71. The number of nitrogens with zero attached hydrogens (tertiary/aromatic N) is 1. The summed E-state index contributed by atoms with van der Waals surface area (Å²) in [5.41, 5.74) is -0.158. The molecule has 2 N–H and O–H groups in total. The van der Waals surface area contributed by atoms with Gasteiger partial charge in [0.2, 0.25) is 0 Å². The number of ether oxygens (including phenoxy) is 1.